The van der Waals surface area contributed by atoms with Crippen molar-refractivity contribution in [3.8, 4) is 6.07 Å². The van der Waals surface area contributed by atoms with Gasteiger partial charge in [-0.15, -0.1) is 0 Å². The van der Waals surface area contributed by atoms with E-state index >= 15 is 0 Å². The second-order valence-electron chi connectivity index (χ2n) is 2.83. The molecule has 2 atom stereocenters. The molecule has 1 fully saturated rings. The van der Waals surface area contributed by atoms with Gasteiger partial charge in [-0.1, -0.05) is 0 Å². The van der Waals surface area contributed by atoms with E-state index in [0.29, 0.717) is 19.7 Å². The predicted molar refractivity (Wildman–Crippen MR) is 38.3 cm³/mol. The van der Waals surface area contributed by atoms with Crippen LogP contribution in [-0.2, 0) is 4.84 Å². The van der Waals surface area contributed by atoms with Gasteiger partial charge in [-0.05, 0) is 6.92 Å². The number of aliphatic hydroxyl groups is 1. The lowest BCUT2D eigenvalue weighted by Crippen LogP contribution is -2.25. The number of hydrogen-bond donors (Lipinski definition) is 1. The number of hydroxylamine groups is 2. The van der Waals surface area contributed by atoms with E-state index in [1.54, 1.807) is 5.06 Å². The van der Waals surface area contributed by atoms with Gasteiger partial charge in [0.15, 0.2) is 0 Å². The van der Waals surface area contributed by atoms with Gasteiger partial charge in [-0.2, -0.15) is 10.3 Å². The van der Waals surface area contributed by atoms with Gasteiger partial charge in [0.2, 0.25) is 0 Å². The topological polar surface area (TPSA) is 56.5 Å². The van der Waals surface area contributed by atoms with Crippen LogP contribution in [0.1, 0.15) is 6.92 Å². The molecular weight excluding hydrogens is 144 g/mol. The van der Waals surface area contributed by atoms with Crippen molar-refractivity contribution in [3.05, 3.63) is 0 Å². The summed E-state index contributed by atoms with van der Waals surface area (Å²) in [6, 6.07) is 2.10. The Morgan fingerprint density at radius 3 is 3.09 bits per heavy atom. The molecule has 0 aromatic carbocycles. The molecule has 11 heavy (non-hydrogen) atoms. The first-order valence-corrected chi connectivity index (χ1v) is 3.68. The van der Waals surface area contributed by atoms with Crippen LogP contribution < -0.4 is 0 Å². The molecule has 0 radical (unpaired) electrons. The lowest BCUT2D eigenvalue weighted by atomic mass is 10.2. The first-order chi connectivity index (χ1) is 5.22. The van der Waals surface area contributed by atoms with Crippen molar-refractivity contribution in [1.82, 2.24) is 5.06 Å². The molecule has 0 bridgehead atoms. The third-order valence-corrected chi connectivity index (χ3v) is 1.56. The van der Waals surface area contributed by atoms with Gasteiger partial charge in [-0.25, -0.2) is 0 Å². The van der Waals surface area contributed by atoms with Gasteiger partial charge >= 0.3 is 0 Å². The highest BCUT2D eigenvalue weighted by Gasteiger charge is 2.22. The van der Waals surface area contributed by atoms with Crippen LogP contribution in [0.25, 0.3) is 0 Å². The number of rotatable bonds is 2. The predicted octanol–water partition coefficient (Wildman–Crippen LogP) is -0.246. The molecule has 1 unspecified atom stereocenters. The Hall–Kier alpha value is -0.630. The Morgan fingerprint density at radius 1 is 1.91 bits per heavy atom. The molecule has 0 aromatic rings. The van der Waals surface area contributed by atoms with Crippen LogP contribution in [0.5, 0.6) is 0 Å². The number of β-amino-alcohol motifs (C(OH)–C–C–N with tert-alkyl or cyclic N) is 1. The molecule has 0 spiro atoms. The van der Waals surface area contributed by atoms with Crippen LogP contribution in [0.4, 0.5) is 0 Å². The van der Waals surface area contributed by atoms with Crippen LogP contribution in [0.2, 0.25) is 0 Å². The van der Waals surface area contributed by atoms with Crippen molar-refractivity contribution in [2.75, 3.05) is 19.7 Å². The quantitative estimate of drug-likeness (QED) is 0.599. The largest absolute Gasteiger partial charge is 0.389 e. The van der Waals surface area contributed by atoms with Crippen LogP contribution in [0, 0.1) is 17.2 Å². The average molecular weight is 156 g/mol. The van der Waals surface area contributed by atoms with E-state index in [-0.39, 0.29) is 12.0 Å². The fourth-order valence-corrected chi connectivity index (χ4v) is 1.01. The molecule has 1 heterocycles. The summed E-state index contributed by atoms with van der Waals surface area (Å²) in [6.45, 7) is 3.28. The molecule has 62 valence electrons. The maximum Gasteiger partial charge on any atom is 0.0958 e. The summed E-state index contributed by atoms with van der Waals surface area (Å²) in [5.74, 6) is -0.0414. The standard InChI is InChI=1S/C7H12N2O2/c1-6(2-8)3-9-4-7(10)5-11-9/h6-7,10H,3-5H2,1H3/t6?,7-/m1/s1. The molecule has 1 aliphatic rings. The maximum absolute atomic E-state index is 9.04. The number of nitrogens with zero attached hydrogens (tertiary/aromatic N) is 2. The highest BCUT2D eigenvalue weighted by Crippen LogP contribution is 2.07. The molecule has 4 heteroatoms. The number of aliphatic hydroxyl groups excluding tert-OH is 1. The summed E-state index contributed by atoms with van der Waals surface area (Å²) >= 11 is 0. The molecule has 1 saturated heterocycles. The Kier molecular flexibility index (Phi) is 2.83. The molecule has 0 amide bonds. The summed E-state index contributed by atoms with van der Waals surface area (Å²) in [6.07, 6.45) is -0.388. The van der Waals surface area contributed by atoms with Crippen molar-refractivity contribution < 1.29 is 9.94 Å². The second kappa shape index (κ2) is 3.67. The van der Waals surface area contributed by atoms with Gasteiger partial charge in [0, 0.05) is 6.54 Å². The summed E-state index contributed by atoms with van der Waals surface area (Å²) < 4.78 is 0. The molecule has 1 aliphatic heterocycles. The summed E-state index contributed by atoms with van der Waals surface area (Å²) in [7, 11) is 0. The molecular formula is C7H12N2O2. The first-order valence-electron chi connectivity index (χ1n) is 3.68. The van der Waals surface area contributed by atoms with Crippen molar-refractivity contribution in [3.63, 3.8) is 0 Å². The molecule has 0 saturated carbocycles. The minimum atomic E-state index is -0.388. The second-order valence-corrected chi connectivity index (χ2v) is 2.83. The van der Waals surface area contributed by atoms with Crippen LogP contribution in [0.15, 0.2) is 0 Å². The lowest BCUT2D eigenvalue weighted by molar-refractivity contribution is -0.114. The third-order valence-electron chi connectivity index (χ3n) is 1.56. The summed E-state index contributed by atoms with van der Waals surface area (Å²) in [5.41, 5.74) is 0. The molecule has 1 rings (SSSR count). The Morgan fingerprint density at radius 2 is 2.64 bits per heavy atom. The van der Waals surface area contributed by atoms with E-state index < -0.39 is 0 Å². The van der Waals surface area contributed by atoms with Gasteiger partial charge in [0.25, 0.3) is 0 Å². The SMILES string of the molecule is CC(C#N)CN1C[C@@H](O)CO1. The monoisotopic (exact) mass is 156 g/mol. The van der Waals surface area contributed by atoms with Gasteiger partial charge < -0.3 is 5.11 Å². The van der Waals surface area contributed by atoms with Crippen molar-refractivity contribution >= 4 is 0 Å². The number of hydrogen-bond acceptors (Lipinski definition) is 4. The normalized spacial score (nSPS) is 28.3. The van der Waals surface area contributed by atoms with Crippen LogP contribution in [0.3, 0.4) is 0 Å². The van der Waals surface area contributed by atoms with E-state index in [4.69, 9.17) is 15.2 Å². The van der Waals surface area contributed by atoms with Crippen molar-refractivity contribution in [1.29, 1.82) is 5.26 Å². The smallest absolute Gasteiger partial charge is 0.0958 e. The zero-order valence-corrected chi connectivity index (χ0v) is 6.53. The van der Waals surface area contributed by atoms with Gasteiger partial charge in [0.05, 0.1) is 31.2 Å². The van der Waals surface area contributed by atoms with Crippen LogP contribution in [-0.4, -0.2) is 36.0 Å². The lowest BCUT2D eigenvalue weighted by Gasteiger charge is -2.13. The van der Waals surface area contributed by atoms with Gasteiger partial charge in [0.1, 0.15) is 0 Å². The maximum atomic E-state index is 9.04. The van der Waals surface area contributed by atoms with E-state index in [9.17, 15) is 0 Å². The van der Waals surface area contributed by atoms with E-state index in [1.807, 2.05) is 6.92 Å². The third kappa shape index (κ3) is 2.46. The van der Waals surface area contributed by atoms with Crippen molar-refractivity contribution in [2.24, 2.45) is 5.92 Å². The van der Waals surface area contributed by atoms with Gasteiger partial charge in [-0.3, -0.25) is 4.84 Å². The fraction of sp³-hybridized carbons (Fsp3) is 0.857. The zero-order valence-electron chi connectivity index (χ0n) is 6.53. The number of nitriles is 1. The van der Waals surface area contributed by atoms with E-state index in [0.717, 1.165) is 0 Å². The highest BCUT2D eigenvalue weighted by atomic mass is 16.7. The Bertz CT molecular complexity index is 166. The average Bonchev–Trinajstić information content (AvgIpc) is 2.35. The Balaban J connectivity index is 2.24. The summed E-state index contributed by atoms with van der Waals surface area (Å²) in [4.78, 5) is 5.07. The minimum Gasteiger partial charge on any atom is -0.389 e. The van der Waals surface area contributed by atoms with E-state index in [2.05, 4.69) is 6.07 Å². The van der Waals surface area contributed by atoms with Crippen molar-refractivity contribution in [2.45, 2.75) is 13.0 Å². The van der Waals surface area contributed by atoms with Crippen LogP contribution >= 0.6 is 0 Å². The molecule has 0 aromatic heterocycles. The zero-order chi connectivity index (χ0) is 8.27. The minimum absolute atomic E-state index is 0.0414. The van der Waals surface area contributed by atoms with E-state index in [1.165, 1.54) is 0 Å². The Labute approximate surface area is 65.9 Å². The first kappa shape index (κ1) is 8.47. The molecule has 1 N–H and O–H groups in total. The fourth-order valence-electron chi connectivity index (χ4n) is 1.01. The highest BCUT2D eigenvalue weighted by molar-refractivity contribution is 4.81. The molecule has 0 aliphatic carbocycles. The summed E-state index contributed by atoms with van der Waals surface area (Å²) in [5, 5.41) is 19.1. The molecule has 4 nitrogen and oxygen atoms in total.